The number of piperidine rings is 1. The highest BCUT2D eigenvalue weighted by Crippen LogP contribution is 2.32. The zero-order valence-corrected chi connectivity index (χ0v) is 76.9. The number of amides is 7. The summed E-state index contributed by atoms with van der Waals surface area (Å²) in [6, 6.07) is 72.8. The minimum absolute atomic E-state index is 0.0237. The normalized spacial score (nSPS) is 18.8. The van der Waals surface area contributed by atoms with Gasteiger partial charge in [-0.3, -0.25) is 38.6 Å². The first kappa shape index (κ1) is 99.1. The van der Waals surface area contributed by atoms with Crippen LogP contribution in [0.3, 0.4) is 0 Å². The van der Waals surface area contributed by atoms with Crippen molar-refractivity contribution < 1.29 is 38.0 Å². The lowest BCUT2D eigenvalue weighted by Gasteiger charge is -2.36. The van der Waals surface area contributed by atoms with Gasteiger partial charge in [0.1, 0.15) is 11.9 Å². The van der Waals surface area contributed by atoms with Crippen LogP contribution >= 0.6 is 23.2 Å². The molecule has 9 aromatic carbocycles. The van der Waals surface area contributed by atoms with Gasteiger partial charge in [0.05, 0.1) is 35.2 Å². The first-order valence-corrected chi connectivity index (χ1v) is 46.3. The van der Waals surface area contributed by atoms with Gasteiger partial charge in [-0.15, -0.1) is 0 Å². The first-order valence-electron chi connectivity index (χ1n) is 45.5. The molecule has 4 heterocycles. The van der Waals surface area contributed by atoms with E-state index in [1.807, 2.05) is 146 Å². The van der Waals surface area contributed by atoms with E-state index in [-0.39, 0.29) is 102 Å². The molecular weight excluding hydrogens is 1680 g/mol. The summed E-state index contributed by atoms with van der Waals surface area (Å²) in [6.07, 6.45) is 15.1. The van der Waals surface area contributed by atoms with Crippen molar-refractivity contribution in [3.8, 4) is 0 Å². The van der Waals surface area contributed by atoms with E-state index < -0.39 is 35.2 Å². The smallest absolute Gasteiger partial charge is 0.244 e. The van der Waals surface area contributed by atoms with Crippen LogP contribution in [0.15, 0.2) is 254 Å². The van der Waals surface area contributed by atoms with E-state index >= 15 is 0 Å². The number of halogens is 3. The van der Waals surface area contributed by atoms with Crippen LogP contribution in [0.25, 0.3) is 22.9 Å². The molecule has 23 nitrogen and oxygen atoms in total. The van der Waals surface area contributed by atoms with Crippen molar-refractivity contribution in [2.45, 2.75) is 176 Å². The molecule has 8 atom stereocenters. The number of nitrogens with one attached hydrogen (secondary N) is 7. The second-order valence-corrected chi connectivity index (χ2v) is 36.2. The molecule has 13 rings (SSSR count). The number of hydrogen-bond acceptors (Lipinski definition) is 14. The van der Waals surface area contributed by atoms with Gasteiger partial charge in [-0.2, -0.15) is 0 Å². The zero-order chi connectivity index (χ0) is 92.5. The second-order valence-electron chi connectivity index (χ2n) is 35.3. The molecule has 7 amide bonds. The van der Waals surface area contributed by atoms with Crippen LogP contribution in [0.4, 0.5) is 4.39 Å². The number of carbonyl (C=O) groups excluding carboxylic acids is 7. The Labute approximate surface area is 775 Å². The number of likely N-dealkylation sites (tertiary alicyclic amines) is 1. The highest BCUT2D eigenvalue weighted by Gasteiger charge is 2.43. The monoisotopic (exact) mass is 1800 g/mol. The Morgan fingerprint density at radius 2 is 0.985 bits per heavy atom. The number of likely N-dealkylation sites (N-methyl/N-ethyl adjacent to an activating group) is 1. The van der Waals surface area contributed by atoms with Gasteiger partial charge in [0.2, 0.25) is 41.4 Å². The van der Waals surface area contributed by atoms with Crippen molar-refractivity contribution in [3.63, 3.8) is 0 Å². The van der Waals surface area contributed by atoms with Gasteiger partial charge in [0.15, 0.2) is 5.96 Å². The van der Waals surface area contributed by atoms with Gasteiger partial charge in [-0.05, 0) is 215 Å². The molecule has 0 saturated carbocycles. The van der Waals surface area contributed by atoms with Gasteiger partial charge in [-0.25, -0.2) is 4.39 Å². The van der Waals surface area contributed by atoms with E-state index in [0.29, 0.717) is 94.4 Å². The maximum Gasteiger partial charge on any atom is 0.244 e. The number of guanidine groups is 1. The molecule has 688 valence electrons. The standard InChI is InChI=1S/C38H47ClN4O2.C33H39ClN4O2.C33H43FN8O3/c1-38(2,41-36(44)21-18-29-16-19-32(39)20-17-29)35-23-27-43(37(45)34(40-35)22-26-42-24-10-5-11-25-42)28-33(30-12-6-3-7-13-30)31-14-8-4-9-15-31;1-33(2,37-31(39)18-15-24-13-16-27(34)17-14-24)30-20-22-38(32(40)29(36-30)19-21-35)23-28(25-9-5-3-6-10-25)26-11-7-4-8-12-26;1-38-31(44)29(19-22-8-11-23-5-2-3-6-24(23)17-22)42-16-14-26(41-28(32(42)45)7-4-15-39-33(36)37)20-40-30(43)27(35)18-21-9-12-25(34)13-10-21/h3-4,6-9,12-21,33-35,40H,5,10-11,22-28H2,1-2H3,(H,41,44);3-18,28-30,36H,19-23,35H2,1-2H3,(H,37,39);2-3,5-6,8-13,17,26-29,41H,4,7,14-16,18-20,35H2,1H3,(H,38,44)(H,40,43)(H4,36,37,39)/b21-18+;18-15+;/t34-,35-;29-,30-;26-,27+,28+,29+/m001/s1. The van der Waals surface area contributed by atoms with Crippen molar-refractivity contribution in [1.29, 1.82) is 0 Å². The molecule has 4 fully saturated rings. The molecular formula is C104H129Cl2FN16O7. The molecule has 4 saturated heterocycles. The quantitative estimate of drug-likeness (QED) is 0.00773. The third-order valence-corrected chi connectivity index (χ3v) is 25.5. The fraction of sp³-hybridized carbons (Fsp3) is 0.385. The maximum absolute atomic E-state index is 14.3. The lowest BCUT2D eigenvalue weighted by Crippen LogP contribution is -2.60. The molecule has 26 heteroatoms. The summed E-state index contributed by atoms with van der Waals surface area (Å²) in [4.78, 5) is 106. The number of nitrogens with two attached hydrogens (primary N) is 4. The van der Waals surface area contributed by atoms with Crippen LogP contribution in [0, 0.1) is 5.82 Å². The molecule has 15 N–H and O–H groups in total. The molecule has 0 spiro atoms. The van der Waals surface area contributed by atoms with Gasteiger partial charge in [-0.1, -0.05) is 230 Å². The van der Waals surface area contributed by atoms with Crippen molar-refractivity contribution in [1.82, 2.24) is 56.8 Å². The van der Waals surface area contributed by atoms with Crippen molar-refractivity contribution >= 4 is 93.4 Å². The van der Waals surface area contributed by atoms with Crippen LogP contribution in [-0.2, 0) is 46.4 Å². The fourth-order valence-corrected chi connectivity index (χ4v) is 17.9. The molecule has 0 aromatic heterocycles. The summed E-state index contributed by atoms with van der Waals surface area (Å²) >= 11 is 12.0. The summed E-state index contributed by atoms with van der Waals surface area (Å²) < 4.78 is 13.3. The zero-order valence-electron chi connectivity index (χ0n) is 75.4. The molecule has 0 radical (unpaired) electrons. The van der Waals surface area contributed by atoms with E-state index in [1.54, 1.807) is 54.4 Å². The third kappa shape index (κ3) is 30.1. The second kappa shape index (κ2) is 49.5. The number of carbonyl (C=O) groups is 7. The lowest BCUT2D eigenvalue weighted by molar-refractivity contribution is -0.141. The third-order valence-electron chi connectivity index (χ3n) is 25.0. The van der Waals surface area contributed by atoms with Crippen LogP contribution < -0.4 is 60.2 Å². The van der Waals surface area contributed by atoms with Gasteiger partial charge >= 0.3 is 0 Å². The Morgan fingerprint density at radius 3 is 1.46 bits per heavy atom. The van der Waals surface area contributed by atoms with Crippen LogP contribution in [0.2, 0.25) is 10.0 Å². The topological polar surface area (TPSA) is 333 Å². The van der Waals surface area contributed by atoms with E-state index in [2.05, 4.69) is 139 Å². The van der Waals surface area contributed by atoms with Crippen LogP contribution in [0.5, 0.6) is 0 Å². The van der Waals surface area contributed by atoms with E-state index in [0.717, 1.165) is 65.5 Å². The summed E-state index contributed by atoms with van der Waals surface area (Å²) in [6.45, 7) is 14.8. The number of nitrogens with zero attached hydrogens (tertiary/aromatic N) is 5. The minimum atomic E-state index is -0.825. The number of aliphatic imine (C=N–C) groups is 1. The van der Waals surface area contributed by atoms with Crippen LogP contribution in [-0.4, -0.2) is 205 Å². The van der Waals surface area contributed by atoms with E-state index in [9.17, 15) is 38.0 Å². The SMILES string of the molecule is CC(C)(NC(=O)/C=C/c1ccc(Cl)cc1)[C@@H]1CCN(CC(c2ccccc2)c2ccccc2)C(=O)[C@H](CCN)N1.CC(C)(NC(=O)/C=C/c1ccc(Cl)cc1)[C@@H]1CCN(CC(c2ccccc2)c2ccccc2)C(=O)[C@H](CCN2CCCCC2)N1.CNC(=O)[C@H](Cc1ccc2ccccc2c1)N1CC[C@H](CNC(=O)[C@@H](N)Cc2ccc(F)cc2)N[C@@H](CCCN=C(N)N)C1=O. The Balaban J connectivity index is 0.000000189. The predicted octanol–water partition coefficient (Wildman–Crippen LogP) is 12.4. The molecule has 4 aliphatic heterocycles. The molecule has 9 aromatic rings. The average molecular weight is 1810 g/mol. The van der Waals surface area contributed by atoms with Gasteiger partial charge in [0, 0.05) is 118 Å². The lowest BCUT2D eigenvalue weighted by atomic mass is 9.90. The summed E-state index contributed by atoms with van der Waals surface area (Å²) in [5, 5.41) is 26.2. The van der Waals surface area contributed by atoms with E-state index in [4.69, 9.17) is 46.1 Å². The van der Waals surface area contributed by atoms with Gasteiger partial charge < -0.3 is 79.8 Å². The maximum atomic E-state index is 14.3. The molecule has 130 heavy (non-hydrogen) atoms. The minimum Gasteiger partial charge on any atom is -0.370 e. The van der Waals surface area contributed by atoms with Crippen molar-refractivity contribution in [2.75, 3.05) is 79.0 Å². The highest BCUT2D eigenvalue weighted by molar-refractivity contribution is 6.31. The summed E-state index contributed by atoms with van der Waals surface area (Å²) in [5.74, 6) is -1.23. The highest BCUT2D eigenvalue weighted by atomic mass is 35.5. The van der Waals surface area contributed by atoms with Gasteiger partial charge in [0.25, 0.3) is 0 Å². The van der Waals surface area contributed by atoms with Crippen LogP contribution in [0.1, 0.15) is 148 Å². The van der Waals surface area contributed by atoms with E-state index in [1.165, 1.54) is 59.7 Å². The number of benzene rings is 9. The largest absolute Gasteiger partial charge is 0.370 e. The first-order chi connectivity index (χ1) is 62.7. The molecule has 4 aliphatic rings. The molecule has 0 bridgehead atoms. The Hall–Kier alpha value is -11.5. The molecule has 0 unspecified atom stereocenters. The molecule has 0 aliphatic carbocycles. The summed E-state index contributed by atoms with van der Waals surface area (Å²) in [7, 11) is 1.57. The van der Waals surface area contributed by atoms with Crippen molar-refractivity contribution in [3.05, 3.63) is 309 Å². The Kier molecular flexibility index (Phi) is 37.8. The number of rotatable bonds is 34. The Bertz CT molecular complexity index is 5130. The predicted molar refractivity (Wildman–Crippen MR) is 521 cm³/mol. The number of fused-ring (bicyclic) bond motifs is 1. The average Bonchev–Trinajstić information content (AvgIpc) is 1.60. The summed E-state index contributed by atoms with van der Waals surface area (Å²) in [5.41, 5.74) is 30.1. The number of hydrogen-bond donors (Lipinski definition) is 11. The fourth-order valence-electron chi connectivity index (χ4n) is 17.6. The Morgan fingerprint density at radius 1 is 0.523 bits per heavy atom. The van der Waals surface area contributed by atoms with Crippen molar-refractivity contribution in [2.24, 2.45) is 27.9 Å².